The Morgan fingerprint density at radius 1 is 1.29 bits per heavy atom. The highest BCUT2D eigenvalue weighted by molar-refractivity contribution is 4.90. The van der Waals surface area contributed by atoms with Gasteiger partial charge in [-0.05, 0) is 44.2 Å². The fourth-order valence-electron chi connectivity index (χ4n) is 2.46. The molecule has 2 heteroatoms. The average molecular weight is 199 g/mol. The number of hydrogen-bond donors (Lipinski definition) is 1. The summed E-state index contributed by atoms with van der Waals surface area (Å²) in [5.41, 5.74) is 0.561. The van der Waals surface area contributed by atoms with Crippen molar-refractivity contribution in [3.63, 3.8) is 0 Å². The molecule has 1 N–H and O–H groups in total. The smallest absolute Gasteiger partial charge is 0.0579 e. The van der Waals surface area contributed by atoms with Gasteiger partial charge in [-0.1, -0.05) is 20.8 Å². The summed E-state index contributed by atoms with van der Waals surface area (Å²) >= 11 is 0. The van der Waals surface area contributed by atoms with Crippen LogP contribution in [0, 0.1) is 5.41 Å². The SMILES string of the molecule is CC.CCC1CC2(CCNCC2)CO1. The van der Waals surface area contributed by atoms with E-state index in [4.69, 9.17) is 4.74 Å². The molecule has 0 aliphatic carbocycles. The van der Waals surface area contributed by atoms with Crippen molar-refractivity contribution in [2.24, 2.45) is 5.41 Å². The van der Waals surface area contributed by atoms with Gasteiger partial charge in [-0.25, -0.2) is 0 Å². The quantitative estimate of drug-likeness (QED) is 0.701. The first kappa shape index (κ1) is 12.0. The molecule has 1 atom stereocenters. The standard InChI is InChI=1S/C10H19NO.C2H6/c1-2-9-7-10(8-12-9)3-5-11-6-4-10;1-2/h9,11H,2-8H2,1H3;1-2H3. The zero-order valence-corrected chi connectivity index (χ0v) is 9.94. The van der Waals surface area contributed by atoms with Crippen LogP contribution in [0.4, 0.5) is 0 Å². The van der Waals surface area contributed by atoms with Crippen molar-refractivity contribution in [1.29, 1.82) is 0 Å². The number of hydrogen-bond acceptors (Lipinski definition) is 2. The van der Waals surface area contributed by atoms with E-state index in [9.17, 15) is 0 Å². The highest BCUT2D eigenvalue weighted by Crippen LogP contribution is 2.40. The molecule has 2 heterocycles. The Balaban J connectivity index is 0.000000461. The Labute approximate surface area is 88.4 Å². The lowest BCUT2D eigenvalue weighted by atomic mass is 9.77. The van der Waals surface area contributed by atoms with Crippen LogP contribution in [0.15, 0.2) is 0 Å². The number of rotatable bonds is 1. The lowest BCUT2D eigenvalue weighted by Crippen LogP contribution is -2.37. The first-order valence-corrected chi connectivity index (χ1v) is 6.17. The maximum Gasteiger partial charge on any atom is 0.0579 e. The molecular formula is C12H25NO. The van der Waals surface area contributed by atoms with Crippen molar-refractivity contribution in [2.75, 3.05) is 19.7 Å². The Morgan fingerprint density at radius 2 is 1.93 bits per heavy atom. The van der Waals surface area contributed by atoms with Gasteiger partial charge in [0.25, 0.3) is 0 Å². The zero-order chi connectivity index (χ0) is 10.4. The van der Waals surface area contributed by atoms with E-state index in [-0.39, 0.29) is 0 Å². The molecule has 0 bridgehead atoms. The van der Waals surface area contributed by atoms with E-state index in [0.717, 1.165) is 6.61 Å². The summed E-state index contributed by atoms with van der Waals surface area (Å²) in [7, 11) is 0. The van der Waals surface area contributed by atoms with Crippen molar-refractivity contribution >= 4 is 0 Å². The second-order valence-electron chi connectivity index (χ2n) is 4.30. The maximum atomic E-state index is 5.77. The van der Waals surface area contributed by atoms with E-state index in [0.29, 0.717) is 11.5 Å². The van der Waals surface area contributed by atoms with Crippen LogP contribution in [0.2, 0.25) is 0 Å². The van der Waals surface area contributed by atoms with Crippen LogP contribution in [0.3, 0.4) is 0 Å². The second kappa shape index (κ2) is 5.72. The molecule has 0 saturated carbocycles. The average Bonchev–Trinajstić information content (AvgIpc) is 2.66. The molecule has 0 aromatic carbocycles. The molecule has 2 saturated heterocycles. The van der Waals surface area contributed by atoms with Crippen molar-refractivity contribution in [3.8, 4) is 0 Å². The molecule has 0 amide bonds. The fourth-order valence-corrected chi connectivity index (χ4v) is 2.46. The summed E-state index contributed by atoms with van der Waals surface area (Å²) in [6, 6.07) is 0. The molecule has 2 nitrogen and oxygen atoms in total. The number of piperidine rings is 1. The molecule has 1 unspecified atom stereocenters. The summed E-state index contributed by atoms with van der Waals surface area (Å²) < 4.78 is 5.77. The van der Waals surface area contributed by atoms with Crippen LogP contribution in [0.5, 0.6) is 0 Å². The Morgan fingerprint density at radius 3 is 2.43 bits per heavy atom. The molecule has 0 radical (unpaired) electrons. The monoisotopic (exact) mass is 199 g/mol. The molecule has 84 valence electrons. The van der Waals surface area contributed by atoms with Crippen LogP contribution in [0.1, 0.15) is 46.5 Å². The Bertz CT molecular complexity index is 152. The third kappa shape index (κ3) is 2.71. The zero-order valence-electron chi connectivity index (χ0n) is 9.94. The van der Waals surface area contributed by atoms with E-state index in [1.165, 1.54) is 38.8 Å². The van der Waals surface area contributed by atoms with Crippen LogP contribution < -0.4 is 5.32 Å². The van der Waals surface area contributed by atoms with Crippen molar-refractivity contribution in [1.82, 2.24) is 5.32 Å². The molecule has 2 aliphatic rings. The van der Waals surface area contributed by atoms with Gasteiger partial charge < -0.3 is 10.1 Å². The van der Waals surface area contributed by atoms with Gasteiger partial charge in [0.15, 0.2) is 0 Å². The predicted molar refractivity (Wildman–Crippen MR) is 60.5 cm³/mol. The van der Waals surface area contributed by atoms with Gasteiger partial charge in [-0.2, -0.15) is 0 Å². The Kier molecular flexibility index (Phi) is 4.90. The van der Waals surface area contributed by atoms with Gasteiger partial charge in [0, 0.05) is 0 Å². The minimum atomic E-state index is 0.558. The topological polar surface area (TPSA) is 21.3 Å². The minimum Gasteiger partial charge on any atom is -0.378 e. The molecule has 0 aromatic heterocycles. The normalized spacial score (nSPS) is 29.8. The van der Waals surface area contributed by atoms with E-state index in [1.807, 2.05) is 13.8 Å². The molecule has 2 aliphatic heterocycles. The molecule has 14 heavy (non-hydrogen) atoms. The van der Waals surface area contributed by atoms with Crippen molar-refractivity contribution < 1.29 is 4.74 Å². The van der Waals surface area contributed by atoms with Gasteiger partial charge in [-0.3, -0.25) is 0 Å². The molecule has 2 fully saturated rings. The van der Waals surface area contributed by atoms with E-state index < -0.39 is 0 Å². The van der Waals surface area contributed by atoms with Gasteiger partial charge in [-0.15, -0.1) is 0 Å². The summed E-state index contributed by atoms with van der Waals surface area (Å²) in [5, 5.41) is 3.41. The first-order valence-electron chi connectivity index (χ1n) is 6.17. The second-order valence-corrected chi connectivity index (χ2v) is 4.30. The highest BCUT2D eigenvalue weighted by Gasteiger charge is 2.39. The largest absolute Gasteiger partial charge is 0.378 e. The van der Waals surface area contributed by atoms with Crippen LogP contribution in [-0.2, 0) is 4.74 Å². The summed E-state index contributed by atoms with van der Waals surface area (Å²) in [6.45, 7) is 9.64. The van der Waals surface area contributed by atoms with Crippen LogP contribution >= 0.6 is 0 Å². The Hall–Kier alpha value is -0.0800. The van der Waals surface area contributed by atoms with Crippen molar-refractivity contribution in [3.05, 3.63) is 0 Å². The van der Waals surface area contributed by atoms with Crippen LogP contribution in [0.25, 0.3) is 0 Å². The maximum absolute atomic E-state index is 5.77. The molecular weight excluding hydrogens is 174 g/mol. The fraction of sp³-hybridized carbons (Fsp3) is 1.00. The van der Waals surface area contributed by atoms with Gasteiger partial charge >= 0.3 is 0 Å². The molecule has 1 spiro atoms. The van der Waals surface area contributed by atoms with E-state index in [2.05, 4.69) is 12.2 Å². The first-order chi connectivity index (χ1) is 6.85. The summed E-state index contributed by atoms with van der Waals surface area (Å²) in [6.07, 6.45) is 5.70. The van der Waals surface area contributed by atoms with Gasteiger partial charge in [0.05, 0.1) is 12.7 Å². The third-order valence-electron chi connectivity index (χ3n) is 3.41. The van der Waals surface area contributed by atoms with Crippen molar-refractivity contribution in [2.45, 2.75) is 52.6 Å². The highest BCUT2D eigenvalue weighted by atomic mass is 16.5. The summed E-state index contributed by atoms with van der Waals surface area (Å²) in [4.78, 5) is 0. The molecule has 0 aromatic rings. The number of ether oxygens (including phenoxy) is 1. The summed E-state index contributed by atoms with van der Waals surface area (Å²) in [5.74, 6) is 0. The predicted octanol–water partition coefficient (Wildman–Crippen LogP) is 2.58. The number of nitrogens with one attached hydrogen (secondary N) is 1. The van der Waals surface area contributed by atoms with E-state index >= 15 is 0 Å². The van der Waals surface area contributed by atoms with E-state index in [1.54, 1.807) is 0 Å². The van der Waals surface area contributed by atoms with Gasteiger partial charge in [0.1, 0.15) is 0 Å². The minimum absolute atomic E-state index is 0.558. The third-order valence-corrected chi connectivity index (χ3v) is 3.41. The lowest BCUT2D eigenvalue weighted by molar-refractivity contribution is 0.0847. The van der Waals surface area contributed by atoms with Gasteiger partial charge in [0.2, 0.25) is 0 Å². The molecule has 2 rings (SSSR count). The van der Waals surface area contributed by atoms with Crippen LogP contribution in [-0.4, -0.2) is 25.8 Å². The lowest BCUT2D eigenvalue weighted by Gasteiger charge is -2.32.